The molecule has 50 heavy (non-hydrogen) atoms. The molecule has 0 aromatic heterocycles. The van der Waals surface area contributed by atoms with E-state index in [9.17, 15) is 63.4 Å². The third-order valence-corrected chi connectivity index (χ3v) is 14.5. The molecule has 5 fully saturated rings. The van der Waals surface area contributed by atoms with Gasteiger partial charge in [-0.15, -0.1) is 0 Å². The molecule has 5 rings (SSSR count). The van der Waals surface area contributed by atoms with Crippen LogP contribution < -0.4 is 26.6 Å². The van der Waals surface area contributed by atoms with E-state index in [1.54, 1.807) is 0 Å². The van der Waals surface area contributed by atoms with Crippen molar-refractivity contribution in [2.45, 2.75) is 135 Å². The fourth-order valence-electron chi connectivity index (χ4n) is 8.38. The zero-order valence-electron chi connectivity index (χ0n) is 26.8. The predicted molar refractivity (Wildman–Crippen MR) is 170 cm³/mol. The van der Waals surface area contributed by atoms with Crippen molar-refractivity contribution in [3.05, 3.63) is 0 Å². The molecule has 4 saturated carbocycles. The van der Waals surface area contributed by atoms with Crippen molar-refractivity contribution >= 4 is 36.3 Å². The highest BCUT2D eigenvalue weighted by Gasteiger charge is 2.56. The first-order valence-corrected chi connectivity index (χ1v) is 21.0. The van der Waals surface area contributed by atoms with Crippen molar-refractivity contribution in [1.82, 2.24) is 26.6 Å². The van der Waals surface area contributed by atoms with Gasteiger partial charge in [0.15, 0.2) is 6.35 Å². The Labute approximate surface area is 289 Å². The Morgan fingerprint density at radius 1 is 0.740 bits per heavy atom. The molecule has 15 unspecified atom stereocenters. The SMILES string of the molecule is O=C(O)C1CC(F)CCC1N=NC1C(O)C2C(CC(S(=O)(=O)O)CC2NC2NC(O)NC(NC3CCCC(S(=O)(=O)O)C3)N2)CC1S(=O)(=O)O. The lowest BCUT2D eigenvalue weighted by molar-refractivity contribution is -0.144. The van der Waals surface area contributed by atoms with Gasteiger partial charge in [-0.2, -0.15) is 35.5 Å². The zero-order valence-corrected chi connectivity index (χ0v) is 29.2. The molecule has 24 heteroatoms. The highest BCUT2D eigenvalue weighted by Crippen LogP contribution is 2.45. The molecular formula is C26H46FN7O13S3. The van der Waals surface area contributed by atoms with Gasteiger partial charge in [-0.05, 0) is 63.7 Å². The summed E-state index contributed by atoms with van der Waals surface area (Å²) in [4.78, 5) is 11.8. The van der Waals surface area contributed by atoms with Gasteiger partial charge in [0, 0.05) is 18.0 Å². The molecule has 0 bridgehead atoms. The maximum Gasteiger partial charge on any atom is 0.308 e. The number of hydrogen-bond acceptors (Lipinski definition) is 16. The van der Waals surface area contributed by atoms with Crippen molar-refractivity contribution in [1.29, 1.82) is 0 Å². The number of nitrogens with zero attached hydrogens (tertiary/aromatic N) is 2. The lowest BCUT2D eigenvalue weighted by Gasteiger charge is -2.51. The number of alkyl halides is 1. The summed E-state index contributed by atoms with van der Waals surface area (Å²) in [6.07, 6.45) is -6.13. The molecule has 1 heterocycles. The molecular weight excluding hydrogens is 734 g/mol. The maximum atomic E-state index is 14.0. The van der Waals surface area contributed by atoms with Crippen LogP contribution in [0.4, 0.5) is 4.39 Å². The van der Waals surface area contributed by atoms with Crippen LogP contribution in [0.3, 0.4) is 0 Å². The minimum Gasteiger partial charge on any atom is -0.481 e. The minimum atomic E-state index is -4.94. The average Bonchev–Trinajstić information content (AvgIpc) is 2.99. The molecule has 0 aromatic carbocycles. The largest absolute Gasteiger partial charge is 0.481 e. The summed E-state index contributed by atoms with van der Waals surface area (Å²) in [6.45, 7) is 0. The molecule has 20 nitrogen and oxygen atoms in total. The Balaban J connectivity index is 1.37. The predicted octanol–water partition coefficient (Wildman–Crippen LogP) is -1.93. The van der Waals surface area contributed by atoms with Crippen molar-refractivity contribution in [2.75, 3.05) is 0 Å². The van der Waals surface area contributed by atoms with Crippen LogP contribution in [0.25, 0.3) is 0 Å². The van der Waals surface area contributed by atoms with E-state index in [2.05, 4.69) is 36.8 Å². The third kappa shape index (κ3) is 9.51. The Bertz CT molecular complexity index is 1590. The van der Waals surface area contributed by atoms with E-state index in [1.165, 1.54) is 0 Å². The number of fused-ring (bicyclic) bond motifs is 1. The summed E-state index contributed by atoms with van der Waals surface area (Å²) in [5.74, 6) is -4.44. The van der Waals surface area contributed by atoms with Crippen LogP contribution >= 0.6 is 0 Å². The highest BCUT2D eigenvalue weighted by atomic mass is 32.2. The first-order chi connectivity index (χ1) is 23.2. The van der Waals surface area contributed by atoms with Gasteiger partial charge in [-0.1, -0.05) is 6.42 Å². The number of carboxylic acids is 1. The van der Waals surface area contributed by atoms with Gasteiger partial charge in [-0.25, -0.2) is 4.39 Å². The highest BCUT2D eigenvalue weighted by molar-refractivity contribution is 7.87. The molecule has 1 saturated heterocycles. The number of halogens is 1. The summed E-state index contributed by atoms with van der Waals surface area (Å²) in [6, 6.07) is -4.04. The summed E-state index contributed by atoms with van der Waals surface area (Å²) < 4.78 is 117. The van der Waals surface area contributed by atoms with Gasteiger partial charge >= 0.3 is 5.97 Å². The monoisotopic (exact) mass is 779 g/mol. The summed E-state index contributed by atoms with van der Waals surface area (Å²) >= 11 is 0. The molecule has 0 aromatic rings. The molecule has 0 spiro atoms. The lowest BCUT2D eigenvalue weighted by atomic mass is 9.65. The van der Waals surface area contributed by atoms with Crippen molar-refractivity contribution in [2.24, 2.45) is 28.0 Å². The van der Waals surface area contributed by atoms with Gasteiger partial charge in [0.25, 0.3) is 30.4 Å². The molecule has 1 aliphatic heterocycles. The van der Waals surface area contributed by atoms with Crippen LogP contribution in [0.15, 0.2) is 10.2 Å². The Morgan fingerprint density at radius 2 is 1.40 bits per heavy atom. The Hall–Kier alpha value is -1.55. The number of carboxylic acid groups (broad SMARTS) is 1. The van der Waals surface area contributed by atoms with Crippen molar-refractivity contribution in [3.63, 3.8) is 0 Å². The maximum absolute atomic E-state index is 14.0. The quantitative estimate of drug-likeness (QED) is 0.0850. The normalized spacial score (nSPS) is 43.7. The van der Waals surface area contributed by atoms with E-state index in [4.69, 9.17) is 0 Å². The second-order valence-electron chi connectivity index (χ2n) is 14.1. The van der Waals surface area contributed by atoms with Crippen molar-refractivity contribution in [3.8, 4) is 0 Å². The smallest absolute Gasteiger partial charge is 0.308 e. The van der Waals surface area contributed by atoms with Gasteiger partial charge in [0.05, 0.1) is 28.6 Å². The number of aliphatic hydroxyl groups excluding tert-OH is 2. The first-order valence-electron chi connectivity index (χ1n) is 16.5. The van der Waals surface area contributed by atoms with Crippen LogP contribution in [-0.2, 0) is 35.1 Å². The van der Waals surface area contributed by atoms with Crippen LogP contribution in [-0.4, -0.2) is 131 Å². The van der Waals surface area contributed by atoms with Crippen LogP contribution in [0.1, 0.15) is 64.2 Å². The summed E-state index contributed by atoms with van der Waals surface area (Å²) in [5.41, 5.74) is 0. The average molecular weight is 780 g/mol. The van der Waals surface area contributed by atoms with E-state index in [0.29, 0.717) is 12.8 Å². The topological polar surface area (TPSA) is 326 Å². The number of hydrogen-bond donors (Lipinski definition) is 11. The third-order valence-electron chi connectivity index (χ3n) is 10.8. The number of azo groups is 1. The fourth-order valence-corrected chi connectivity index (χ4v) is 11.3. The molecule has 0 radical (unpaired) electrons. The van der Waals surface area contributed by atoms with Gasteiger partial charge in [-0.3, -0.25) is 45.0 Å². The van der Waals surface area contributed by atoms with E-state index in [0.717, 1.165) is 0 Å². The van der Waals surface area contributed by atoms with Crippen LogP contribution in [0.5, 0.6) is 0 Å². The molecule has 4 aliphatic carbocycles. The van der Waals surface area contributed by atoms with Gasteiger partial charge < -0.3 is 15.3 Å². The van der Waals surface area contributed by atoms with Gasteiger partial charge in [0.2, 0.25) is 0 Å². The van der Waals surface area contributed by atoms with Gasteiger partial charge in [0.1, 0.15) is 30.0 Å². The van der Waals surface area contributed by atoms with E-state index in [1.807, 2.05) is 0 Å². The first kappa shape index (κ1) is 39.7. The molecule has 15 atom stereocenters. The lowest BCUT2D eigenvalue weighted by Crippen LogP contribution is -2.77. The zero-order chi connectivity index (χ0) is 36.8. The number of aliphatic hydroxyl groups is 2. The summed E-state index contributed by atoms with van der Waals surface area (Å²) in [5, 5.41) is 50.6. The van der Waals surface area contributed by atoms with Crippen LogP contribution in [0.2, 0.25) is 0 Å². The molecule has 0 amide bonds. The molecule has 11 N–H and O–H groups in total. The number of aliphatic carboxylic acids is 1. The summed E-state index contributed by atoms with van der Waals surface area (Å²) in [7, 11) is -13.9. The standard InChI is InChI=1S/C26H46FN7O13S3/c27-12-4-5-17(16(8-12)23(36)37)33-34-21-19(50(45,46)47)7-11-6-15(49(42,43)44)10-18(20(11)22(21)35)29-25-30-24(31-26(38)32-25)28-13-2-1-3-14(9-13)48(39,40)41/h11-22,24-26,28-32,35,38H,1-10H2,(H,36,37)(H,39,40,41)(H,42,43,44)(H,45,46,47). The van der Waals surface area contributed by atoms with E-state index < -0.39 is 126 Å². The fraction of sp³-hybridized carbons (Fsp3) is 0.962. The molecule has 5 aliphatic rings. The molecule has 288 valence electrons. The van der Waals surface area contributed by atoms with E-state index in [-0.39, 0.29) is 51.0 Å². The van der Waals surface area contributed by atoms with Crippen molar-refractivity contribution < 1.29 is 63.4 Å². The Kier molecular flexibility index (Phi) is 12.2. The van der Waals surface area contributed by atoms with E-state index >= 15 is 0 Å². The van der Waals surface area contributed by atoms with Crippen LogP contribution in [0, 0.1) is 17.8 Å². The number of nitrogens with one attached hydrogen (secondary N) is 5. The second kappa shape index (κ2) is 15.4. The number of carbonyl (C=O) groups is 1. The second-order valence-corrected chi connectivity index (χ2v) is 19.1. The number of rotatable bonds is 10. The Morgan fingerprint density at radius 3 is 2.02 bits per heavy atom. The minimum absolute atomic E-state index is 0.00403.